The van der Waals surface area contributed by atoms with E-state index in [9.17, 15) is 9.90 Å². The summed E-state index contributed by atoms with van der Waals surface area (Å²) in [5.74, 6) is 0.985. The van der Waals surface area contributed by atoms with Gasteiger partial charge in [0.25, 0.3) is 0 Å². The Hall–Kier alpha value is -0.610. The number of amides is 1. The number of nitrogens with zero attached hydrogens (tertiary/aromatic N) is 2. The van der Waals surface area contributed by atoms with Crippen LogP contribution in [-0.4, -0.2) is 60.6 Å². The first-order valence-corrected chi connectivity index (χ1v) is 7.68. The summed E-state index contributed by atoms with van der Waals surface area (Å²) in [6, 6.07) is 0.391. The summed E-state index contributed by atoms with van der Waals surface area (Å²) in [5, 5.41) is 9.17. The highest BCUT2D eigenvalue weighted by atomic mass is 16.3. The summed E-state index contributed by atoms with van der Waals surface area (Å²) in [7, 11) is 4.08. The van der Waals surface area contributed by atoms with Gasteiger partial charge in [0.05, 0.1) is 5.92 Å². The van der Waals surface area contributed by atoms with Crippen LogP contribution in [0.25, 0.3) is 0 Å². The molecule has 19 heavy (non-hydrogen) atoms. The summed E-state index contributed by atoms with van der Waals surface area (Å²) < 4.78 is 0. The zero-order valence-electron chi connectivity index (χ0n) is 12.3. The fourth-order valence-electron chi connectivity index (χ4n) is 3.55. The molecule has 0 aromatic heterocycles. The normalized spacial score (nSPS) is 33.1. The van der Waals surface area contributed by atoms with Crippen LogP contribution in [0.15, 0.2) is 0 Å². The number of hydrogen-bond acceptors (Lipinski definition) is 3. The first-order valence-electron chi connectivity index (χ1n) is 7.68. The van der Waals surface area contributed by atoms with E-state index < -0.39 is 0 Å². The van der Waals surface area contributed by atoms with Gasteiger partial charge in [0, 0.05) is 26.2 Å². The van der Waals surface area contributed by atoms with Gasteiger partial charge in [-0.05, 0) is 58.0 Å². The standard InChI is InChI=1S/C15H28N2O2/c1-16-9-3-4-13(10-16)15(19)17(2)14-7-5-12(11-18)6-8-14/h12-14,18H,3-11H2,1-2H3. The molecule has 1 aliphatic heterocycles. The molecule has 1 amide bonds. The van der Waals surface area contributed by atoms with Gasteiger partial charge in [0.2, 0.25) is 5.91 Å². The van der Waals surface area contributed by atoms with E-state index >= 15 is 0 Å². The number of aliphatic hydroxyl groups excluding tert-OH is 1. The number of likely N-dealkylation sites (tertiary alicyclic amines) is 1. The third kappa shape index (κ3) is 3.69. The number of carbonyl (C=O) groups excluding carboxylic acids is 1. The molecule has 0 radical (unpaired) electrons. The third-order valence-electron chi connectivity index (χ3n) is 4.94. The van der Waals surface area contributed by atoms with Crippen LogP contribution < -0.4 is 0 Å². The molecule has 0 aromatic carbocycles. The molecule has 1 heterocycles. The van der Waals surface area contributed by atoms with E-state index in [1.807, 2.05) is 11.9 Å². The molecule has 2 rings (SSSR count). The van der Waals surface area contributed by atoms with Crippen LogP contribution in [-0.2, 0) is 4.79 Å². The SMILES string of the molecule is CN1CCCC(C(=O)N(C)C2CCC(CO)CC2)C1. The second-order valence-corrected chi connectivity index (χ2v) is 6.41. The van der Waals surface area contributed by atoms with Crippen molar-refractivity contribution in [1.82, 2.24) is 9.80 Å². The van der Waals surface area contributed by atoms with Gasteiger partial charge < -0.3 is 14.9 Å². The number of carbonyl (C=O) groups is 1. The maximum Gasteiger partial charge on any atom is 0.226 e. The lowest BCUT2D eigenvalue weighted by Gasteiger charge is -2.38. The van der Waals surface area contributed by atoms with E-state index in [1.165, 1.54) is 0 Å². The molecule has 2 fully saturated rings. The molecule has 4 heteroatoms. The predicted octanol–water partition coefficient (Wildman–Crippen LogP) is 1.34. The molecule has 1 saturated carbocycles. The number of hydrogen-bond donors (Lipinski definition) is 1. The molecule has 0 bridgehead atoms. The molecule has 4 nitrogen and oxygen atoms in total. The third-order valence-corrected chi connectivity index (χ3v) is 4.94. The quantitative estimate of drug-likeness (QED) is 0.840. The van der Waals surface area contributed by atoms with Crippen molar-refractivity contribution in [1.29, 1.82) is 0 Å². The monoisotopic (exact) mass is 268 g/mol. The highest BCUT2D eigenvalue weighted by Gasteiger charge is 2.31. The van der Waals surface area contributed by atoms with E-state index in [2.05, 4.69) is 11.9 Å². The predicted molar refractivity (Wildman–Crippen MR) is 75.8 cm³/mol. The molecule has 0 aromatic rings. The molecule has 1 unspecified atom stereocenters. The first kappa shape index (κ1) is 14.8. The Bertz CT molecular complexity index is 301. The van der Waals surface area contributed by atoms with Crippen LogP contribution in [0.2, 0.25) is 0 Å². The number of rotatable bonds is 3. The van der Waals surface area contributed by atoms with Crippen LogP contribution in [0.5, 0.6) is 0 Å². The van der Waals surface area contributed by atoms with Crippen molar-refractivity contribution < 1.29 is 9.90 Å². The summed E-state index contributed by atoms with van der Waals surface area (Å²) in [5.41, 5.74) is 0. The Morgan fingerprint density at radius 2 is 1.95 bits per heavy atom. The van der Waals surface area contributed by atoms with Crippen molar-refractivity contribution in [3.63, 3.8) is 0 Å². The largest absolute Gasteiger partial charge is 0.396 e. The molecule has 1 N–H and O–H groups in total. The number of piperidine rings is 1. The van der Waals surface area contributed by atoms with Crippen molar-refractivity contribution >= 4 is 5.91 Å². The average Bonchev–Trinajstić information content (AvgIpc) is 2.46. The second-order valence-electron chi connectivity index (χ2n) is 6.41. The number of aliphatic hydroxyl groups is 1. The van der Waals surface area contributed by atoms with E-state index in [1.54, 1.807) is 0 Å². The van der Waals surface area contributed by atoms with Crippen LogP contribution in [0.1, 0.15) is 38.5 Å². The van der Waals surface area contributed by atoms with Crippen molar-refractivity contribution in [3.05, 3.63) is 0 Å². The Labute approximate surface area is 116 Å². The van der Waals surface area contributed by atoms with E-state index in [0.717, 1.165) is 51.6 Å². The van der Waals surface area contributed by atoms with E-state index in [-0.39, 0.29) is 5.92 Å². The highest BCUT2D eigenvalue weighted by molar-refractivity contribution is 5.79. The van der Waals surface area contributed by atoms with Gasteiger partial charge in [-0.15, -0.1) is 0 Å². The van der Waals surface area contributed by atoms with E-state index in [4.69, 9.17) is 0 Å². The molecule has 1 aliphatic carbocycles. The molecule has 110 valence electrons. The van der Waals surface area contributed by atoms with Crippen LogP contribution in [0.3, 0.4) is 0 Å². The maximum absolute atomic E-state index is 12.5. The Morgan fingerprint density at radius 3 is 2.53 bits per heavy atom. The smallest absolute Gasteiger partial charge is 0.226 e. The van der Waals surface area contributed by atoms with Gasteiger partial charge in [-0.1, -0.05) is 0 Å². The minimum Gasteiger partial charge on any atom is -0.396 e. The van der Waals surface area contributed by atoms with Crippen LogP contribution in [0, 0.1) is 11.8 Å². The average molecular weight is 268 g/mol. The Balaban J connectivity index is 1.85. The highest BCUT2D eigenvalue weighted by Crippen LogP contribution is 2.28. The fraction of sp³-hybridized carbons (Fsp3) is 0.933. The molecule has 2 aliphatic rings. The van der Waals surface area contributed by atoms with Crippen molar-refractivity contribution in [2.45, 2.75) is 44.6 Å². The zero-order chi connectivity index (χ0) is 13.8. The molecular weight excluding hydrogens is 240 g/mol. The molecular formula is C15H28N2O2. The molecule has 1 atom stereocenters. The van der Waals surface area contributed by atoms with Gasteiger partial charge in [-0.3, -0.25) is 4.79 Å². The van der Waals surface area contributed by atoms with Gasteiger partial charge in [0.15, 0.2) is 0 Å². The molecule has 1 saturated heterocycles. The summed E-state index contributed by atoms with van der Waals surface area (Å²) in [6.45, 7) is 2.34. The Kier molecular flexibility index (Phi) is 5.22. The molecule has 0 spiro atoms. The lowest BCUT2D eigenvalue weighted by atomic mass is 9.85. The lowest BCUT2D eigenvalue weighted by molar-refractivity contribution is -0.138. The minimum atomic E-state index is 0.194. The summed E-state index contributed by atoms with van der Waals surface area (Å²) >= 11 is 0. The lowest BCUT2D eigenvalue weighted by Crippen LogP contribution is -2.47. The first-order chi connectivity index (χ1) is 9.11. The summed E-state index contributed by atoms with van der Waals surface area (Å²) in [4.78, 5) is 16.8. The minimum absolute atomic E-state index is 0.194. The topological polar surface area (TPSA) is 43.8 Å². The van der Waals surface area contributed by atoms with Gasteiger partial charge >= 0.3 is 0 Å². The van der Waals surface area contributed by atoms with Crippen LogP contribution in [0.4, 0.5) is 0 Å². The van der Waals surface area contributed by atoms with Crippen LogP contribution >= 0.6 is 0 Å². The maximum atomic E-state index is 12.5. The zero-order valence-corrected chi connectivity index (χ0v) is 12.3. The van der Waals surface area contributed by atoms with Crippen molar-refractivity contribution in [2.24, 2.45) is 11.8 Å². The summed E-state index contributed by atoms with van der Waals surface area (Å²) in [6.07, 6.45) is 6.40. The van der Waals surface area contributed by atoms with Gasteiger partial charge in [0.1, 0.15) is 0 Å². The van der Waals surface area contributed by atoms with Gasteiger partial charge in [-0.2, -0.15) is 0 Å². The van der Waals surface area contributed by atoms with Gasteiger partial charge in [-0.25, -0.2) is 0 Å². The van der Waals surface area contributed by atoms with Crippen molar-refractivity contribution in [3.8, 4) is 0 Å². The van der Waals surface area contributed by atoms with Crippen molar-refractivity contribution in [2.75, 3.05) is 33.8 Å². The van der Waals surface area contributed by atoms with E-state index in [0.29, 0.717) is 24.5 Å². The Morgan fingerprint density at radius 1 is 1.26 bits per heavy atom. The second kappa shape index (κ2) is 6.71. The fourth-order valence-corrected chi connectivity index (χ4v) is 3.55.